The lowest BCUT2D eigenvalue weighted by Crippen LogP contribution is -2.43. The van der Waals surface area contributed by atoms with Crippen LogP contribution in [-0.4, -0.2) is 35.7 Å². The molecule has 1 heterocycles. The van der Waals surface area contributed by atoms with Gasteiger partial charge in [-0.1, -0.05) is 18.2 Å². The number of carbonyl (C=O) groups is 1. The summed E-state index contributed by atoms with van der Waals surface area (Å²) in [7, 11) is 0. The number of thioether (sulfide) groups is 1. The average Bonchev–Trinajstić information content (AvgIpc) is 2.46. The van der Waals surface area contributed by atoms with Crippen LogP contribution in [0.1, 0.15) is 19.8 Å². The number of likely N-dealkylation sites (tertiary alicyclic amines) is 1. The largest absolute Gasteiger partial charge is 0.342 e. The second-order valence-corrected chi connectivity index (χ2v) is 6.23. The monoisotopic (exact) mass is 278 g/mol. The number of carbonyl (C=O) groups excluding carboxylic acids is 1. The molecule has 1 unspecified atom stereocenters. The molecule has 3 nitrogen and oxygen atoms in total. The van der Waals surface area contributed by atoms with Crippen LogP contribution in [0.2, 0.25) is 0 Å². The minimum Gasteiger partial charge on any atom is -0.342 e. The predicted molar refractivity (Wildman–Crippen MR) is 80.1 cm³/mol. The number of piperidine rings is 1. The first-order valence-corrected chi connectivity index (χ1v) is 7.86. The summed E-state index contributed by atoms with van der Waals surface area (Å²) < 4.78 is 0. The van der Waals surface area contributed by atoms with Gasteiger partial charge in [-0.2, -0.15) is 0 Å². The molecule has 19 heavy (non-hydrogen) atoms. The van der Waals surface area contributed by atoms with Gasteiger partial charge in [-0.3, -0.25) is 4.79 Å². The Balaban J connectivity index is 1.76. The zero-order chi connectivity index (χ0) is 13.7. The highest BCUT2D eigenvalue weighted by Crippen LogP contribution is 2.22. The Kier molecular flexibility index (Phi) is 5.28. The Labute approximate surface area is 119 Å². The van der Waals surface area contributed by atoms with E-state index in [0.29, 0.717) is 11.7 Å². The van der Waals surface area contributed by atoms with Gasteiger partial charge in [-0.05, 0) is 37.8 Å². The number of rotatable bonds is 4. The molecule has 1 atom stereocenters. The molecule has 0 aromatic heterocycles. The van der Waals surface area contributed by atoms with Crippen LogP contribution < -0.4 is 5.73 Å². The number of benzene rings is 1. The van der Waals surface area contributed by atoms with E-state index in [2.05, 4.69) is 6.92 Å². The topological polar surface area (TPSA) is 46.3 Å². The number of nitrogens with two attached hydrogens (primary N) is 1. The molecule has 1 aliphatic rings. The molecule has 1 amide bonds. The van der Waals surface area contributed by atoms with Crippen molar-refractivity contribution in [1.29, 1.82) is 0 Å². The highest BCUT2D eigenvalue weighted by molar-refractivity contribution is 8.00. The molecule has 1 aromatic carbocycles. The van der Waals surface area contributed by atoms with Crippen molar-refractivity contribution in [1.82, 2.24) is 4.90 Å². The van der Waals surface area contributed by atoms with Gasteiger partial charge in [-0.25, -0.2) is 0 Å². The highest BCUT2D eigenvalue weighted by Gasteiger charge is 2.24. The third-order valence-corrected chi connectivity index (χ3v) is 4.74. The molecular weight excluding hydrogens is 256 g/mol. The van der Waals surface area contributed by atoms with Crippen molar-refractivity contribution in [2.24, 2.45) is 11.7 Å². The zero-order valence-electron chi connectivity index (χ0n) is 11.4. The average molecular weight is 278 g/mol. The third kappa shape index (κ3) is 4.25. The Morgan fingerprint density at radius 3 is 2.58 bits per heavy atom. The van der Waals surface area contributed by atoms with Crippen molar-refractivity contribution >= 4 is 17.7 Å². The van der Waals surface area contributed by atoms with Gasteiger partial charge in [0.2, 0.25) is 5.91 Å². The number of hydrogen-bond donors (Lipinski definition) is 1. The minimum absolute atomic E-state index is 0.246. The third-order valence-electron chi connectivity index (χ3n) is 3.74. The van der Waals surface area contributed by atoms with Gasteiger partial charge in [0.15, 0.2) is 0 Å². The zero-order valence-corrected chi connectivity index (χ0v) is 12.2. The summed E-state index contributed by atoms with van der Waals surface area (Å²) in [6, 6.07) is 10.3. The van der Waals surface area contributed by atoms with Gasteiger partial charge in [0.05, 0.1) is 5.75 Å². The molecule has 0 aliphatic carbocycles. The maximum absolute atomic E-state index is 12.1. The lowest BCUT2D eigenvalue weighted by atomic mass is 9.91. The van der Waals surface area contributed by atoms with Crippen molar-refractivity contribution in [3.05, 3.63) is 30.3 Å². The SMILES string of the molecule is CC(N)C1CCN(C(=O)CSc2ccccc2)CC1. The van der Waals surface area contributed by atoms with E-state index in [1.54, 1.807) is 11.8 Å². The molecule has 1 saturated heterocycles. The van der Waals surface area contributed by atoms with Crippen LogP contribution in [0.4, 0.5) is 0 Å². The quantitative estimate of drug-likeness (QED) is 0.860. The molecule has 2 rings (SSSR count). The molecule has 0 spiro atoms. The molecule has 1 aromatic rings. The summed E-state index contributed by atoms with van der Waals surface area (Å²) in [4.78, 5) is 15.3. The van der Waals surface area contributed by atoms with Gasteiger partial charge < -0.3 is 10.6 Å². The van der Waals surface area contributed by atoms with Gasteiger partial charge in [0.25, 0.3) is 0 Å². The van der Waals surface area contributed by atoms with Crippen LogP contribution in [0, 0.1) is 5.92 Å². The Morgan fingerprint density at radius 1 is 1.37 bits per heavy atom. The van der Waals surface area contributed by atoms with Crippen LogP contribution in [0.15, 0.2) is 35.2 Å². The van der Waals surface area contributed by atoms with E-state index in [1.807, 2.05) is 35.2 Å². The maximum atomic E-state index is 12.1. The standard InChI is InChI=1S/C15H22N2OS/c1-12(16)13-7-9-17(10-8-13)15(18)11-19-14-5-3-2-4-6-14/h2-6,12-13H,7-11,16H2,1H3. The molecule has 0 radical (unpaired) electrons. The smallest absolute Gasteiger partial charge is 0.232 e. The first-order valence-electron chi connectivity index (χ1n) is 6.88. The lowest BCUT2D eigenvalue weighted by Gasteiger charge is -2.33. The fourth-order valence-electron chi connectivity index (χ4n) is 2.43. The van der Waals surface area contributed by atoms with Gasteiger partial charge in [0, 0.05) is 24.0 Å². The summed E-state index contributed by atoms with van der Waals surface area (Å²) in [6.45, 7) is 3.79. The molecule has 0 saturated carbocycles. The predicted octanol–water partition coefficient (Wildman–Crippen LogP) is 2.36. The molecular formula is C15H22N2OS. The first kappa shape index (κ1) is 14.4. The summed E-state index contributed by atoms with van der Waals surface area (Å²) >= 11 is 1.61. The van der Waals surface area contributed by atoms with Crippen molar-refractivity contribution in [3.8, 4) is 0 Å². The normalized spacial score (nSPS) is 18.3. The van der Waals surface area contributed by atoms with Crippen LogP contribution in [0.25, 0.3) is 0 Å². The summed E-state index contributed by atoms with van der Waals surface area (Å²) in [6.07, 6.45) is 2.08. The van der Waals surface area contributed by atoms with Crippen molar-refractivity contribution < 1.29 is 4.79 Å². The number of nitrogens with zero attached hydrogens (tertiary/aromatic N) is 1. The summed E-state index contributed by atoms with van der Waals surface area (Å²) in [5, 5.41) is 0. The van der Waals surface area contributed by atoms with Crippen LogP contribution in [0.5, 0.6) is 0 Å². The van der Waals surface area contributed by atoms with Gasteiger partial charge in [-0.15, -0.1) is 11.8 Å². The Bertz CT molecular complexity index is 400. The molecule has 4 heteroatoms. The summed E-state index contributed by atoms with van der Waals surface area (Å²) in [5.74, 6) is 1.36. The van der Waals surface area contributed by atoms with E-state index < -0.39 is 0 Å². The lowest BCUT2D eigenvalue weighted by molar-refractivity contribution is -0.129. The van der Waals surface area contributed by atoms with Crippen LogP contribution in [0.3, 0.4) is 0 Å². The van der Waals surface area contributed by atoms with Crippen molar-refractivity contribution in [2.45, 2.75) is 30.7 Å². The second kappa shape index (κ2) is 6.96. The molecule has 104 valence electrons. The van der Waals surface area contributed by atoms with Gasteiger partial charge >= 0.3 is 0 Å². The van der Waals surface area contributed by atoms with E-state index in [9.17, 15) is 4.79 Å². The first-order chi connectivity index (χ1) is 9.16. The minimum atomic E-state index is 0.246. The molecule has 0 bridgehead atoms. The van der Waals surface area contributed by atoms with Gasteiger partial charge in [0.1, 0.15) is 0 Å². The summed E-state index contributed by atoms with van der Waals surface area (Å²) in [5.41, 5.74) is 5.92. The number of hydrogen-bond acceptors (Lipinski definition) is 3. The van der Waals surface area contributed by atoms with E-state index in [1.165, 1.54) is 0 Å². The van der Waals surface area contributed by atoms with Crippen LogP contribution >= 0.6 is 11.8 Å². The fraction of sp³-hybridized carbons (Fsp3) is 0.533. The Morgan fingerprint density at radius 2 is 2.00 bits per heavy atom. The molecule has 1 fully saturated rings. The second-order valence-electron chi connectivity index (χ2n) is 5.18. The molecule has 1 aliphatic heterocycles. The molecule has 2 N–H and O–H groups in total. The Hall–Kier alpha value is -1.00. The van der Waals surface area contributed by atoms with Crippen molar-refractivity contribution in [3.63, 3.8) is 0 Å². The van der Waals surface area contributed by atoms with E-state index >= 15 is 0 Å². The highest BCUT2D eigenvalue weighted by atomic mass is 32.2. The fourth-order valence-corrected chi connectivity index (χ4v) is 3.25. The van der Waals surface area contributed by atoms with Crippen molar-refractivity contribution in [2.75, 3.05) is 18.8 Å². The van der Waals surface area contributed by atoms with E-state index in [4.69, 9.17) is 5.73 Å². The maximum Gasteiger partial charge on any atom is 0.232 e. The van der Waals surface area contributed by atoms with E-state index in [-0.39, 0.29) is 11.9 Å². The van der Waals surface area contributed by atoms with E-state index in [0.717, 1.165) is 30.8 Å². The number of amides is 1. The van der Waals surface area contributed by atoms with Crippen LogP contribution in [-0.2, 0) is 4.79 Å².